The van der Waals surface area contributed by atoms with E-state index in [0.717, 1.165) is 12.1 Å². The lowest BCUT2D eigenvalue weighted by Crippen LogP contribution is -2.76. The highest BCUT2D eigenvalue weighted by Crippen LogP contribution is 2.34. The monoisotopic (exact) mass is 571 g/mol. The summed E-state index contributed by atoms with van der Waals surface area (Å²) < 4.78 is 53.4. The molecule has 2 saturated heterocycles. The number of halogens is 4. The molecule has 2 aliphatic heterocycles. The molecule has 1 unspecified atom stereocenters. The minimum atomic E-state index is -4.54. The van der Waals surface area contributed by atoms with Crippen LogP contribution in [-0.4, -0.2) is 70.0 Å². The highest BCUT2D eigenvalue weighted by molar-refractivity contribution is 5.93. The van der Waals surface area contributed by atoms with Gasteiger partial charge in [0.15, 0.2) is 0 Å². The second-order valence-corrected chi connectivity index (χ2v) is 10.3. The normalized spacial score (nSPS) is 21.6. The van der Waals surface area contributed by atoms with Crippen LogP contribution >= 0.6 is 0 Å². The molecular weight excluding hydrogens is 542 g/mol. The quantitative estimate of drug-likeness (QED) is 0.550. The van der Waals surface area contributed by atoms with Gasteiger partial charge in [0, 0.05) is 20.1 Å². The number of alkyl halides is 3. The summed E-state index contributed by atoms with van der Waals surface area (Å²) in [6.45, 7) is -0.290. The molecule has 4 amide bonds. The summed E-state index contributed by atoms with van der Waals surface area (Å²) in [4.78, 5) is 43.6. The van der Waals surface area contributed by atoms with Gasteiger partial charge in [-0.05, 0) is 53.8 Å². The third-order valence-corrected chi connectivity index (χ3v) is 7.42. The first kappa shape index (κ1) is 28.3. The number of hydrogen-bond acceptors (Lipinski definition) is 4. The standard InChI is InChI=1S/C29H29F4N5O3/c1-35-18-25(39)37-24(38(35)28(41)34-15-19-10-12-23(30)13-11-19)17-36(27(40)26(37)21-7-3-2-4-8-21)16-20-6-5-9-22(14-20)29(31,32)33/h2-3,5-7,9-14,24,26H,4,8,15-18H2,1H3,(H,34,41)/t24?,26-/m0/s1. The number of piperazine rings is 1. The van der Waals surface area contributed by atoms with Crippen LogP contribution in [0.15, 0.2) is 72.3 Å². The van der Waals surface area contributed by atoms with Crippen molar-refractivity contribution < 1.29 is 31.9 Å². The molecule has 216 valence electrons. The number of likely N-dealkylation sites (N-methyl/N-ethyl adjacent to an activating group) is 1. The zero-order chi connectivity index (χ0) is 29.3. The summed E-state index contributed by atoms with van der Waals surface area (Å²) in [6, 6.07) is 8.88. The Bertz CT molecular complexity index is 1390. The van der Waals surface area contributed by atoms with E-state index in [2.05, 4.69) is 5.32 Å². The molecule has 0 aromatic heterocycles. The van der Waals surface area contributed by atoms with Crippen LogP contribution in [0, 0.1) is 5.82 Å². The van der Waals surface area contributed by atoms with Gasteiger partial charge in [-0.3, -0.25) is 9.59 Å². The Morgan fingerprint density at radius 2 is 1.83 bits per heavy atom. The van der Waals surface area contributed by atoms with Crippen molar-refractivity contribution in [3.8, 4) is 0 Å². The molecule has 41 heavy (non-hydrogen) atoms. The minimum absolute atomic E-state index is 0.0936. The summed E-state index contributed by atoms with van der Waals surface area (Å²) >= 11 is 0. The molecule has 8 nitrogen and oxygen atoms in total. The van der Waals surface area contributed by atoms with Crippen LogP contribution in [0.1, 0.15) is 29.5 Å². The smallest absolute Gasteiger partial charge is 0.333 e. The van der Waals surface area contributed by atoms with Gasteiger partial charge in [0.25, 0.3) is 0 Å². The van der Waals surface area contributed by atoms with E-state index in [-0.39, 0.29) is 37.6 Å². The highest BCUT2D eigenvalue weighted by Gasteiger charge is 2.51. The van der Waals surface area contributed by atoms with Crippen molar-refractivity contribution in [2.75, 3.05) is 20.1 Å². The van der Waals surface area contributed by atoms with Gasteiger partial charge < -0.3 is 15.1 Å². The largest absolute Gasteiger partial charge is 0.416 e. The maximum absolute atomic E-state index is 13.9. The Hall–Kier alpha value is -4.19. The minimum Gasteiger partial charge on any atom is -0.333 e. The first-order valence-electron chi connectivity index (χ1n) is 13.2. The van der Waals surface area contributed by atoms with Gasteiger partial charge in [0.05, 0.1) is 18.7 Å². The third kappa shape index (κ3) is 5.97. The summed E-state index contributed by atoms with van der Waals surface area (Å²) in [5, 5.41) is 5.62. The predicted molar refractivity (Wildman–Crippen MR) is 141 cm³/mol. The average Bonchev–Trinajstić information content (AvgIpc) is 2.94. The van der Waals surface area contributed by atoms with E-state index in [1.165, 1.54) is 44.1 Å². The van der Waals surface area contributed by atoms with Crippen molar-refractivity contribution in [2.24, 2.45) is 0 Å². The van der Waals surface area contributed by atoms with E-state index >= 15 is 0 Å². The van der Waals surface area contributed by atoms with Gasteiger partial charge in [-0.15, -0.1) is 0 Å². The molecule has 3 aliphatic rings. The van der Waals surface area contributed by atoms with Crippen molar-refractivity contribution in [3.05, 3.63) is 94.8 Å². The van der Waals surface area contributed by atoms with Crippen LogP contribution in [0.2, 0.25) is 0 Å². The topological polar surface area (TPSA) is 76.2 Å². The van der Waals surface area contributed by atoms with E-state index < -0.39 is 41.7 Å². The van der Waals surface area contributed by atoms with Crippen molar-refractivity contribution >= 4 is 17.8 Å². The lowest BCUT2D eigenvalue weighted by atomic mass is 9.92. The van der Waals surface area contributed by atoms with Crippen LogP contribution in [0.25, 0.3) is 0 Å². The number of nitrogens with one attached hydrogen (secondary N) is 1. The Labute approximate surface area is 234 Å². The Balaban J connectivity index is 1.46. The van der Waals surface area contributed by atoms with Crippen molar-refractivity contribution in [1.82, 2.24) is 25.1 Å². The Morgan fingerprint density at radius 1 is 1.07 bits per heavy atom. The maximum atomic E-state index is 13.9. The molecular formula is C29H29F4N5O3. The molecule has 2 fully saturated rings. The van der Waals surface area contributed by atoms with Gasteiger partial charge >= 0.3 is 12.2 Å². The van der Waals surface area contributed by atoms with Gasteiger partial charge in [-0.25, -0.2) is 19.2 Å². The number of rotatable bonds is 5. The van der Waals surface area contributed by atoms with Gasteiger partial charge in [-0.1, -0.05) is 42.5 Å². The molecule has 2 aromatic rings. The van der Waals surface area contributed by atoms with Crippen molar-refractivity contribution in [2.45, 2.75) is 44.3 Å². The number of hydrogen-bond donors (Lipinski definition) is 1. The number of hydrazine groups is 1. The van der Waals surface area contributed by atoms with E-state index in [4.69, 9.17) is 0 Å². The highest BCUT2D eigenvalue weighted by atomic mass is 19.4. The second kappa shape index (κ2) is 11.4. The molecule has 0 bridgehead atoms. The molecule has 12 heteroatoms. The summed E-state index contributed by atoms with van der Waals surface area (Å²) in [5.74, 6) is -1.16. The van der Waals surface area contributed by atoms with E-state index in [0.29, 0.717) is 24.0 Å². The maximum Gasteiger partial charge on any atom is 0.416 e. The predicted octanol–water partition coefficient (Wildman–Crippen LogP) is 4.06. The van der Waals surface area contributed by atoms with Crippen molar-refractivity contribution in [1.29, 1.82) is 0 Å². The number of benzene rings is 2. The van der Waals surface area contributed by atoms with Crippen LogP contribution in [0.4, 0.5) is 22.4 Å². The third-order valence-electron chi connectivity index (χ3n) is 7.42. The lowest BCUT2D eigenvalue weighted by molar-refractivity contribution is -0.185. The first-order valence-corrected chi connectivity index (χ1v) is 13.2. The fourth-order valence-electron chi connectivity index (χ4n) is 5.47. The second-order valence-electron chi connectivity index (χ2n) is 10.3. The lowest BCUT2D eigenvalue weighted by Gasteiger charge is -2.55. The van der Waals surface area contributed by atoms with Crippen LogP contribution in [0.3, 0.4) is 0 Å². The molecule has 1 aliphatic carbocycles. The molecule has 0 spiro atoms. The molecule has 0 saturated carbocycles. The average molecular weight is 572 g/mol. The molecule has 2 heterocycles. The first-order chi connectivity index (χ1) is 19.5. The fourth-order valence-corrected chi connectivity index (χ4v) is 5.47. The van der Waals surface area contributed by atoms with Gasteiger partial charge in [0.2, 0.25) is 11.8 Å². The molecule has 5 rings (SSSR count). The Morgan fingerprint density at radius 3 is 2.51 bits per heavy atom. The van der Waals surface area contributed by atoms with Gasteiger partial charge in [-0.2, -0.15) is 13.2 Å². The summed E-state index contributed by atoms with van der Waals surface area (Å²) in [6.07, 6.45) is 1.26. The van der Waals surface area contributed by atoms with Crippen molar-refractivity contribution in [3.63, 3.8) is 0 Å². The number of urea groups is 1. The Kier molecular flexibility index (Phi) is 7.85. The van der Waals surface area contributed by atoms with Gasteiger partial charge in [0.1, 0.15) is 18.0 Å². The number of carbonyl (C=O) groups is 3. The number of fused-ring (bicyclic) bond motifs is 1. The number of allylic oxidation sites excluding steroid dienone is 3. The van der Waals surface area contributed by atoms with E-state index in [1.807, 2.05) is 6.08 Å². The zero-order valence-corrected chi connectivity index (χ0v) is 22.3. The SMILES string of the molecule is CN1CC(=O)N2C(CN(Cc3cccc(C(F)(F)F)c3)C(=O)[C@@H]2C2=CC=CCC2)N1C(=O)NCc1ccc(F)cc1. The fraction of sp³-hybridized carbons (Fsp3) is 0.345. The van der Waals surface area contributed by atoms with E-state index in [9.17, 15) is 31.9 Å². The number of carbonyl (C=O) groups excluding carboxylic acids is 3. The summed E-state index contributed by atoms with van der Waals surface area (Å²) in [5.41, 5.74) is 0.808. The number of nitrogens with zero attached hydrogens (tertiary/aromatic N) is 4. The molecule has 2 atom stereocenters. The zero-order valence-electron chi connectivity index (χ0n) is 22.3. The molecule has 1 N–H and O–H groups in total. The number of amides is 4. The summed E-state index contributed by atoms with van der Waals surface area (Å²) in [7, 11) is 1.58. The molecule has 0 radical (unpaired) electrons. The van der Waals surface area contributed by atoms with E-state index in [1.54, 1.807) is 31.3 Å². The van der Waals surface area contributed by atoms with Crippen LogP contribution in [0.5, 0.6) is 0 Å². The molecule has 2 aromatic carbocycles. The van der Waals surface area contributed by atoms with Crippen LogP contribution < -0.4 is 5.32 Å². The van der Waals surface area contributed by atoms with Crippen LogP contribution in [-0.2, 0) is 28.9 Å².